The fraction of sp³-hybridized carbons (Fsp3) is 0.231. The number of para-hydroxylation sites is 2. The van der Waals surface area contributed by atoms with Gasteiger partial charge in [-0.2, -0.15) is 0 Å². The standard InChI is InChI=1S/C26H30N7O6P/c27-25(28)31-21-13-11-20(12-14-21)19-24(32-26(34)37-18-17-36-16-15-30-33-29)40(35,38-22-7-3-1-4-8-22)39-23-9-5-2-6-10-23/h1-14,24H,15-19H2,(H,32,34)(H4,27,28,31). The van der Waals surface area contributed by atoms with Gasteiger partial charge in [-0.25, -0.2) is 14.4 Å². The topological polar surface area (TPSA) is 196 Å². The maximum absolute atomic E-state index is 14.4. The maximum atomic E-state index is 14.4. The Morgan fingerprint density at radius 3 is 2.05 bits per heavy atom. The molecule has 0 saturated heterocycles. The first kappa shape index (κ1) is 29.9. The van der Waals surface area contributed by atoms with E-state index in [2.05, 4.69) is 20.3 Å². The number of azide groups is 1. The van der Waals surface area contributed by atoms with Crippen LogP contribution >= 0.6 is 7.60 Å². The summed E-state index contributed by atoms with van der Waals surface area (Å²) in [5.74, 6) is -0.675. The molecule has 0 aliphatic heterocycles. The van der Waals surface area contributed by atoms with Crippen molar-refractivity contribution in [2.45, 2.75) is 12.2 Å². The van der Waals surface area contributed by atoms with Crippen LogP contribution in [0.25, 0.3) is 10.4 Å². The first-order valence-electron chi connectivity index (χ1n) is 12.2. The molecule has 1 amide bonds. The van der Waals surface area contributed by atoms with E-state index in [1.807, 2.05) is 0 Å². The fourth-order valence-electron chi connectivity index (χ4n) is 3.35. The molecule has 1 atom stereocenters. The molecule has 3 aromatic rings. The molecule has 3 aromatic carbocycles. The zero-order valence-corrected chi connectivity index (χ0v) is 22.4. The average molecular weight is 568 g/mol. The molecule has 0 spiro atoms. The lowest BCUT2D eigenvalue weighted by molar-refractivity contribution is 0.0756. The van der Waals surface area contributed by atoms with Gasteiger partial charge in [-0.05, 0) is 47.5 Å². The summed E-state index contributed by atoms with van der Waals surface area (Å²) in [5, 5.41) is 6.00. The molecule has 0 aliphatic rings. The molecule has 40 heavy (non-hydrogen) atoms. The zero-order valence-electron chi connectivity index (χ0n) is 21.5. The third-order valence-electron chi connectivity index (χ3n) is 5.10. The summed E-state index contributed by atoms with van der Waals surface area (Å²) < 4.78 is 36.8. The van der Waals surface area contributed by atoms with Crippen molar-refractivity contribution in [3.05, 3.63) is 101 Å². The number of nitrogens with zero attached hydrogens (tertiary/aromatic N) is 4. The molecular formula is C26H30N7O6P. The molecule has 0 saturated carbocycles. The highest BCUT2D eigenvalue weighted by molar-refractivity contribution is 7.55. The highest BCUT2D eigenvalue weighted by Crippen LogP contribution is 2.53. The number of amides is 1. The van der Waals surface area contributed by atoms with Crippen molar-refractivity contribution in [3.63, 3.8) is 0 Å². The Balaban J connectivity index is 1.84. The molecule has 0 bridgehead atoms. The van der Waals surface area contributed by atoms with Gasteiger partial charge in [0.15, 0.2) is 11.7 Å². The lowest BCUT2D eigenvalue weighted by Crippen LogP contribution is -2.39. The Bertz CT molecular complexity index is 1290. The SMILES string of the molecule is [N-]=[N+]=NCCOCCOC(=O)NC(Cc1ccc(N=C(N)N)cc1)P(=O)(Oc1ccccc1)Oc1ccccc1. The third-order valence-corrected chi connectivity index (χ3v) is 7.11. The number of hydrogen-bond acceptors (Lipinski definition) is 8. The van der Waals surface area contributed by atoms with Gasteiger partial charge in [0.1, 0.15) is 18.1 Å². The predicted octanol–water partition coefficient (Wildman–Crippen LogP) is 4.86. The Hall–Kier alpha value is -4.70. The highest BCUT2D eigenvalue weighted by Gasteiger charge is 2.41. The van der Waals surface area contributed by atoms with E-state index in [0.717, 1.165) is 0 Å². The summed E-state index contributed by atoms with van der Waals surface area (Å²) in [5.41, 5.74) is 20.4. The van der Waals surface area contributed by atoms with E-state index >= 15 is 0 Å². The van der Waals surface area contributed by atoms with Crippen molar-refractivity contribution in [1.29, 1.82) is 0 Å². The number of benzene rings is 3. The lowest BCUT2D eigenvalue weighted by Gasteiger charge is -2.28. The number of guanidine groups is 1. The average Bonchev–Trinajstić information content (AvgIpc) is 2.94. The minimum Gasteiger partial charge on any atom is -0.447 e. The second kappa shape index (κ2) is 15.6. The van der Waals surface area contributed by atoms with Crippen molar-refractivity contribution < 1.29 is 27.9 Å². The molecule has 0 aromatic heterocycles. The first-order chi connectivity index (χ1) is 19.4. The van der Waals surface area contributed by atoms with Crippen molar-refractivity contribution in [2.24, 2.45) is 21.6 Å². The fourth-order valence-corrected chi connectivity index (χ4v) is 5.17. The van der Waals surface area contributed by atoms with Crippen LogP contribution in [0.4, 0.5) is 10.5 Å². The van der Waals surface area contributed by atoms with E-state index in [4.69, 9.17) is 35.5 Å². The Kier molecular flexibility index (Phi) is 11.7. The van der Waals surface area contributed by atoms with Crippen molar-refractivity contribution in [3.8, 4) is 11.5 Å². The van der Waals surface area contributed by atoms with Crippen LogP contribution in [-0.4, -0.2) is 44.2 Å². The molecule has 3 rings (SSSR count). The molecule has 0 heterocycles. The van der Waals surface area contributed by atoms with Crippen LogP contribution in [0, 0.1) is 0 Å². The largest absolute Gasteiger partial charge is 0.453 e. The maximum Gasteiger partial charge on any atom is 0.453 e. The Morgan fingerprint density at radius 2 is 1.50 bits per heavy atom. The van der Waals surface area contributed by atoms with Crippen LogP contribution < -0.4 is 25.8 Å². The number of nitrogens with two attached hydrogens (primary N) is 2. The van der Waals surface area contributed by atoms with Crippen LogP contribution in [-0.2, 0) is 20.5 Å². The summed E-state index contributed by atoms with van der Waals surface area (Å²) in [6.45, 7) is 0.317. The summed E-state index contributed by atoms with van der Waals surface area (Å²) in [4.78, 5) is 19.4. The normalized spacial score (nSPS) is 11.4. The van der Waals surface area contributed by atoms with Crippen molar-refractivity contribution in [1.82, 2.24) is 5.32 Å². The Labute approximate surface area is 231 Å². The summed E-state index contributed by atoms with van der Waals surface area (Å²) in [6.07, 6.45) is -0.800. The number of ether oxygens (including phenoxy) is 2. The molecule has 210 valence electrons. The van der Waals surface area contributed by atoms with Gasteiger partial charge in [-0.15, -0.1) is 0 Å². The van der Waals surface area contributed by atoms with E-state index in [1.54, 1.807) is 84.9 Å². The Morgan fingerprint density at radius 1 is 0.900 bits per heavy atom. The van der Waals surface area contributed by atoms with E-state index in [9.17, 15) is 9.36 Å². The van der Waals surface area contributed by atoms with Crippen molar-refractivity contribution >= 4 is 25.3 Å². The monoisotopic (exact) mass is 567 g/mol. The number of aliphatic imine (C=N–C) groups is 1. The molecule has 1 unspecified atom stereocenters. The number of alkyl carbamates (subject to hydrolysis) is 1. The van der Waals surface area contributed by atoms with E-state index in [-0.39, 0.29) is 38.7 Å². The van der Waals surface area contributed by atoms with Gasteiger partial charge >= 0.3 is 13.7 Å². The lowest BCUT2D eigenvalue weighted by atomic mass is 10.1. The number of carbonyl (C=O) groups excluding carboxylic acids is 1. The van der Waals surface area contributed by atoms with Gasteiger partial charge in [-0.3, -0.25) is 0 Å². The van der Waals surface area contributed by atoms with Gasteiger partial charge in [0.05, 0.1) is 18.9 Å². The highest BCUT2D eigenvalue weighted by atomic mass is 31.2. The summed E-state index contributed by atoms with van der Waals surface area (Å²) >= 11 is 0. The van der Waals surface area contributed by atoms with Gasteiger partial charge in [0.25, 0.3) is 0 Å². The van der Waals surface area contributed by atoms with E-state index in [1.165, 1.54) is 0 Å². The minimum absolute atomic E-state index is 0.0524. The quantitative estimate of drug-likeness (QED) is 0.0440. The van der Waals surface area contributed by atoms with Crippen LogP contribution in [0.15, 0.2) is 95.0 Å². The molecule has 0 fully saturated rings. The van der Waals surface area contributed by atoms with Gasteiger partial charge in [-0.1, -0.05) is 53.6 Å². The second-order valence-corrected chi connectivity index (χ2v) is 10.2. The summed E-state index contributed by atoms with van der Waals surface area (Å²) in [7, 11) is -4.14. The van der Waals surface area contributed by atoms with E-state index < -0.39 is 19.5 Å². The zero-order chi connectivity index (χ0) is 28.6. The predicted molar refractivity (Wildman–Crippen MR) is 150 cm³/mol. The molecule has 5 N–H and O–H groups in total. The van der Waals surface area contributed by atoms with Gasteiger partial charge < -0.3 is 35.3 Å². The number of rotatable bonds is 15. The van der Waals surface area contributed by atoms with Crippen LogP contribution in [0.5, 0.6) is 11.5 Å². The van der Waals surface area contributed by atoms with Crippen LogP contribution in [0.3, 0.4) is 0 Å². The van der Waals surface area contributed by atoms with Crippen LogP contribution in [0.1, 0.15) is 5.56 Å². The van der Waals surface area contributed by atoms with Gasteiger partial charge in [0, 0.05) is 17.9 Å². The first-order valence-corrected chi connectivity index (χ1v) is 13.8. The van der Waals surface area contributed by atoms with Gasteiger partial charge in [0.2, 0.25) is 0 Å². The smallest absolute Gasteiger partial charge is 0.447 e. The molecule has 13 nitrogen and oxygen atoms in total. The summed E-state index contributed by atoms with van der Waals surface area (Å²) in [6, 6.07) is 23.8. The number of nitrogens with one attached hydrogen (secondary N) is 1. The van der Waals surface area contributed by atoms with E-state index in [0.29, 0.717) is 22.7 Å². The minimum atomic E-state index is -4.14. The van der Waals surface area contributed by atoms with Crippen molar-refractivity contribution in [2.75, 3.05) is 26.4 Å². The molecule has 14 heteroatoms. The molecule has 0 radical (unpaired) electrons. The third kappa shape index (κ3) is 10.2. The van der Waals surface area contributed by atoms with Crippen LogP contribution in [0.2, 0.25) is 0 Å². The molecular weight excluding hydrogens is 537 g/mol. The second-order valence-electron chi connectivity index (χ2n) is 8.12. The number of carbonyl (C=O) groups is 1. The number of hydrogen-bond donors (Lipinski definition) is 3. The molecule has 0 aliphatic carbocycles.